The van der Waals surface area contributed by atoms with Crippen LogP contribution in [0, 0.1) is 6.92 Å². The van der Waals surface area contributed by atoms with Gasteiger partial charge in [-0.15, -0.1) is 0 Å². The number of anilines is 2. The van der Waals surface area contributed by atoms with E-state index < -0.39 is 23.6 Å². The van der Waals surface area contributed by atoms with Gasteiger partial charge in [0.25, 0.3) is 17.7 Å². The summed E-state index contributed by atoms with van der Waals surface area (Å²) in [5.41, 5.74) is 3.27. The van der Waals surface area contributed by atoms with Crippen molar-refractivity contribution >= 4 is 51.6 Å². The van der Waals surface area contributed by atoms with Crippen LogP contribution in [-0.2, 0) is 9.59 Å². The van der Waals surface area contributed by atoms with Gasteiger partial charge in [-0.1, -0.05) is 19.9 Å². The molecule has 0 spiro atoms. The van der Waals surface area contributed by atoms with Crippen LogP contribution in [-0.4, -0.2) is 70.6 Å². The molecule has 0 bridgehead atoms. The van der Waals surface area contributed by atoms with Gasteiger partial charge >= 0.3 is 5.69 Å². The molecule has 0 aliphatic carbocycles. The molecule has 0 saturated carbocycles. The van der Waals surface area contributed by atoms with Crippen molar-refractivity contribution in [1.29, 1.82) is 0 Å². The minimum atomic E-state index is -1.44. The Balaban J connectivity index is 1.39. The van der Waals surface area contributed by atoms with E-state index in [2.05, 4.69) is 54.9 Å². The predicted octanol–water partition coefficient (Wildman–Crippen LogP) is 4.56. The second-order valence-corrected chi connectivity index (χ2v) is 10.8. The average Bonchev–Trinajstić information content (AvgIpc) is 3.40. The fourth-order valence-electron chi connectivity index (χ4n) is 4.81. The van der Waals surface area contributed by atoms with Crippen molar-refractivity contribution in [2.75, 3.05) is 36.8 Å². The molecule has 13 heteroatoms. The Morgan fingerprint density at radius 1 is 0.848 bits per heavy atom. The molecule has 0 aliphatic rings. The number of aryl methyl sites for hydroxylation is 1. The number of carbonyl (C=O) groups excluding carboxylic acids is 4. The molecule has 240 valence electrons. The van der Waals surface area contributed by atoms with Gasteiger partial charge in [0.1, 0.15) is 0 Å². The third-order valence-electron chi connectivity index (χ3n) is 7.24. The van der Waals surface area contributed by atoms with Gasteiger partial charge in [-0.05, 0) is 100 Å². The molecule has 0 fully saturated rings. The van der Waals surface area contributed by atoms with E-state index in [1.807, 2.05) is 6.92 Å². The van der Waals surface area contributed by atoms with Crippen LogP contribution in [0.3, 0.4) is 0 Å². The van der Waals surface area contributed by atoms with Crippen LogP contribution in [0.2, 0.25) is 0 Å². The first-order chi connectivity index (χ1) is 22.1. The number of nitrogens with one attached hydrogen (secondary N) is 5. The number of Topliss-reactive ketones (excluding diaryl/α,β-unsaturated/α-hetero) is 1. The van der Waals surface area contributed by atoms with Crippen LogP contribution in [0.5, 0.6) is 0 Å². The summed E-state index contributed by atoms with van der Waals surface area (Å²) >= 11 is 0. The zero-order chi connectivity index (χ0) is 33.2. The van der Waals surface area contributed by atoms with Gasteiger partial charge < -0.3 is 30.8 Å². The van der Waals surface area contributed by atoms with Crippen molar-refractivity contribution in [3.8, 4) is 0 Å². The summed E-state index contributed by atoms with van der Waals surface area (Å²) in [6, 6.07) is 14.7. The van der Waals surface area contributed by atoms with E-state index in [9.17, 15) is 24.0 Å². The van der Waals surface area contributed by atoms with Gasteiger partial charge in [0, 0.05) is 29.0 Å². The lowest BCUT2D eigenvalue weighted by Gasteiger charge is -2.17. The summed E-state index contributed by atoms with van der Waals surface area (Å²) in [5.74, 6) is -1.89. The molecule has 13 nitrogen and oxygen atoms in total. The van der Waals surface area contributed by atoms with Crippen LogP contribution in [0.1, 0.15) is 53.5 Å². The number of hydrogen-bond donors (Lipinski definition) is 5. The highest BCUT2D eigenvalue weighted by molar-refractivity contribution is 6.10. The largest absolute Gasteiger partial charge is 0.352 e. The van der Waals surface area contributed by atoms with Crippen molar-refractivity contribution in [2.24, 2.45) is 10.2 Å². The van der Waals surface area contributed by atoms with E-state index in [0.29, 0.717) is 34.5 Å². The second kappa shape index (κ2) is 15.5. The number of imidazole rings is 1. The molecule has 0 aliphatic heterocycles. The highest BCUT2D eigenvalue weighted by atomic mass is 16.2. The number of azo groups is 1. The average molecular weight is 627 g/mol. The Bertz CT molecular complexity index is 1820. The van der Waals surface area contributed by atoms with Crippen molar-refractivity contribution in [2.45, 2.75) is 40.2 Å². The fourth-order valence-corrected chi connectivity index (χ4v) is 4.81. The van der Waals surface area contributed by atoms with Crippen molar-refractivity contribution < 1.29 is 19.2 Å². The van der Waals surface area contributed by atoms with E-state index in [1.54, 1.807) is 54.6 Å². The molecule has 1 aromatic heterocycles. The van der Waals surface area contributed by atoms with Crippen LogP contribution in [0.4, 0.5) is 17.1 Å². The van der Waals surface area contributed by atoms with E-state index in [-0.39, 0.29) is 22.8 Å². The topological polar surface area (TPSA) is 181 Å². The van der Waals surface area contributed by atoms with Crippen molar-refractivity contribution in [3.63, 3.8) is 0 Å². The molecule has 5 N–H and O–H groups in total. The summed E-state index contributed by atoms with van der Waals surface area (Å²) in [5, 5.41) is 16.4. The smallest absolute Gasteiger partial charge is 0.323 e. The van der Waals surface area contributed by atoms with Crippen LogP contribution in [0.25, 0.3) is 11.0 Å². The molecule has 4 aromatic rings. The molecule has 1 heterocycles. The van der Waals surface area contributed by atoms with Gasteiger partial charge in [-0.3, -0.25) is 19.2 Å². The maximum absolute atomic E-state index is 13.1. The van der Waals surface area contributed by atoms with Crippen molar-refractivity contribution in [1.82, 2.24) is 20.2 Å². The van der Waals surface area contributed by atoms with Gasteiger partial charge in [0.05, 0.1) is 16.7 Å². The van der Waals surface area contributed by atoms with Crippen LogP contribution in [0.15, 0.2) is 75.7 Å². The third-order valence-corrected chi connectivity index (χ3v) is 7.24. The molecule has 46 heavy (non-hydrogen) atoms. The number of nitrogens with zero attached hydrogens (tertiary/aromatic N) is 3. The number of aromatic amines is 2. The number of fused-ring (bicyclic) bond motifs is 1. The van der Waals surface area contributed by atoms with Crippen LogP contribution < -0.4 is 21.6 Å². The second-order valence-electron chi connectivity index (χ2n) is 10.8. The van der Waals surface area contributed by atoms with E-state index >= 15 is 0 Å². The van der Waals surface area contributed by atoms with E-state index in [0.717, 1.165) is 31.6 Å². The Labute approximate surface area is 265 Å². The van der Waals surface area contributed by atoms with Crippen molar-refractivity contribution in [3.05, 3.63) is 87.8 Å². The predicted molar refractivity (Wildman–Crippen MR) is 177 cm³/mol. The number of carbonyl (C=O) groups is 4. The van der Waals surface area contributed by atoms with Gasteiger partial charge in [0.2, 0.25) is 6.04 Å². The molecule has 1 unspecified atom stereocenters. The van der Waals surface area contributed by atoms with Gasteiger partial charge in [0.15, 0.2) is 5.78 Å². The Hall–Kier alpha value is -5.43. The highest BCUT2D eigenvalue weighted by Crippen LogP contribution is 2.20. The standard InChI is InChI=1S/C33H38N8O5/c1-5-41(6-2)14-8-13-34-30(43)23-15-20(3)16-26(18-23)36-31(44)22-9-7-10-25(17-22)39-40-29(21(4)42)32(45)35-24-11-12-27-28(19-24)38-33(46)37-27/h7,9-12,15-19,29H,5-6,8,13-14H2,1-4H3,(H,34,43)(H,35,45)(H,36,44)(H2,37,38,46). The minimum Gasteiger partial charge on any atom is -0.352 e. The molecule has 4 rings (SSSR count). The lowest BCUT2D eigenvalue weighted by molar-refractivity contribution is -0.126. The van der Waals surface area contributed by atoms with E-state index in [1.165, 1.54) is 13.0 Å². The highest BCUT2D eigenvalue weighted by Gasteiger charge is 2.23. The molecule has 0 saturated heterocycles. The molecular formula is C33H38N8O5. The number of ketones is 1. The Kier molecular flexibility index (Phi) is 11.3. The monoisotopic (exact) mass is 626 g/mol. The summed E-state index contributed by atoms with van der Waals surface area (Å²) < 4.78 is 0. The first kappa shape index (κ1) is 33.5. The molecule has 1 atom stereocenters. The number of benzene rings is 3. The summed E-state index contributed by atoms with van der Waals surface area (Å²) in [7, 11) is 0. The number of rotatable bonds is 14. The summed E-state index contributed by atoms with van der Waals surface area (Å²) in [4.78, 5) is 70.0. The van der Waals surface area contributed by atoms with Crippen LogP contribution >= 0.6 is 0 Å². The number of aromatic nitrogens is 2. The molecule has 3 amide bonds. The number of amides is 3. The first-order valence-electron chi connectivity index (χ1n) is 15.0. The lowest BCUT2D eigenvalue weighted by Crippen LogP contribution is -2.31. The van der Waals surface area contributed by atoms with Gasteiger partial charge in [-0.25, -0.2) is 4.79 Å². The normalized spacial score (nSPS) is 11.9. The maximum atomic E-state index is 13.1. The maximum Gasteiger partial charge on any atom is 0.323 e. The first-order valence-corrected chi connectivity index (χ1v) is 15.0. The molecule has 3 aromatic carbocycles. The Morgan fingerprint density at radius 3 is 2.35 bits per heavy atom. The minimum absolute atomic E-state index is 0.217. The fraction of sp³-hybridized carbons (Fsp3) is 0.303. The zero-order valence-electron chi connectivity index (χ0n) is 26.3. The van der Waals surface area contributed by atoms with E-state index in [4.69, 9.17) is 0 Å². The van der Waals surface area contributed by atoms with Gasteiger partial charge in [-0.2, -0.15) is 10.2 Å². The molecule has 0 radical (unpaired) electrons. The summed E-state index contributed by atoms with van der Waals surface area (Å²) in [6.07, 6.45) is 0.835. The quantitative estimate of drug-likeness (QED) is 0.0777. The lowest BCUT2D eigenvalue weighted by atomic mass is 10.1. The Morgan fingerprint density at radius 2 is 1.61 bits per heavy atom. The summed E-state index contributed by atoms with van der Waals surface area (Å²) in [6.45, 7) is 10.7. The zero-order valence-corrected chi connectivity index (χ0v) is 26.3. The number of hydrogen-bond acceptors (Lipinski definition) is 8. The number of H-pyrrole nitrogens is 2. The third kappa shape index (κ3) is 9.05. The molecular weight excluding hydrogens is 588 g/mol. The SMILES string of the molecule is CCN(CC)CCCNC(=O)c1cc(C)cc(NC(=O)c2cccc(N=NC(C(C)=O)C(=O)Nc3ccc4[nH]c(=O)[nH]c4c3)c2)c1.